The molecule has 1 unspecified atom stereocenters. The minimum atomic E-state index is -0.288. The molecule has 0 spiro atoms. The highest BCUT2D eigenvalue weighted by atomic mass is 16.5. The zero-order valence-electron chi connectivity index (χ0n) is 7.82. The Morgan fingerprint density at radius 2 is 2.50 bits per heavy atom. The molecule has 1 aliphatic heterocycles. The number of esters is 1. The van der Waals surface area contributed by atoms with Gasteiger partial charge < -0.3 is 14.5 Å². The first-order valence-electron chi connectivity index (χ1n) is 4.44. The number of ether oxygens (including phenoxy) is 2. The van der Waals surface area contributed by atoms with Crippen molar-refractivity contribution < 1.29 is 14.3 Å². The second-order valence-corrected chi connectivity index (χ2v) is 3.05. The van der Waals surface area contributed by atoms with E-state index in [1.165, 1.54) is 0 Å². The van der Waals surface area contributed by atoms with Gasteiger partial charge in [-0.25, -0.2) is 4.79 Å². The van der Waals surface area contributed by atoms with Crippen molar-refractivity contribution in [2.45, 2.75) is 13.0 Å². The fourth-order valence-electron chi connectivity index (χ4n) is 1.35. The third kappa shape index (κ3) is 1.64. The third-order valence-corrected chi connectivity index (χ3v) is 2.06. The maximum atomic E-state index is 11.2. The summed E-state index contributed by atoms with van der Waals surface area (Å²) in [6.45, 7) is 2.17. The summed E-state index contributed by atoms with van der Waals surface area (Å²) < 4.78 is 10.3. The van der Waals surface area contributed by atoms with Gasteiger partial charge in [-0.3, -0.25) is 0 Å². The summed E-state index contributed by atoms with van der Waals surface area (Å²) in [5.74, 6) is 0.363. The summed E-state index contributed by atoms with van der Waals surface area (Å²) in [6.07, 6.45) is 3.24. The molecule has 2 rings (SSSR count). The van der Waals surface area contributed by atoms with E-state index in [0.717, 1.165) is 0 Å². The largest absolute Gasteiger partial charge is 0.471 e. The lowest BCUT2D eigenvalue weighted by atomic mass is 10.2. The summed E-state index contributed by atoms with van der Waals surface area (Å²) >= 11 is 0. The second-order valence-electron chi connectivity index (χ2n) is 3.05. The molecule has 4 nitrogen and oxygen atoms in total. The molecule has 1 aromatic heterocycles. The Kier molecular flexibility index (Phi) is 2.26. The predicted octanol–water partition coefficient (Wildman–Crippen LogP) is 1.27. The van der Waals surface area contributed by atoms with Crippen LogP contribution in [0.25, 0.3) is 0 Å². The van der Waals surface area contributed by atoms with Gasteiger partial charge in [0, 0.05) is 6.20 Å². The maximum absolute atomic E-state index is 11.2. The van der Waals surface area contributed by atoms with Gasteiger partial charge in [-0.2, -0.15) is 0 Å². The molecule has 0 bridgehead atoms. The summed E-state index contributed by atoms with van der Waals surface area (Å²) in [5.41, 5.74) is 0.583. The van der Waals surface area contributed by atoms with Gasteiger partial charge in [0.1, 0.15) is 12.7 Å². The Bertz CT molecular complexity index is 353. The highest BCUT2D eigenvalue weighted by Gasteiger charge is 2.23. The minimum Gasteiger partial charge on any atom is -0.471 e. The van der Waals surface area contributed by atoms with Crippen molar-refractivity contribution in [3.63, 3.8) is 0 Å². The molecule has 14 heavy (non-hydrogen) atoms. The topological polar surface area (TPSA) is 51.3 Å². The monoisotopic (exact) mass is 193 g/mol. The first-order valence-corrected chi connectivity index (χ1v) is 4.44. The number of aromatic amines is 1. The van der Waals surface area contributed by atoms with Crippen LogP contribution in [-0.2, 0) is 9.53 Å². The number of cyclic esters (lactones) is 1. The number of hydrogen-bond donors (Lipinski definition) is 1. The van der Waals surface area contributed by atoms with E-state index in [4.69, 9.17) is 9.47 Å². The summed E-state index contributed by atoms with van der Waals surface area (Å²) in [6, 6.07) is 3.64. The highest BCUT2D eigenvalue weighted by Crippen LogP contribution is 2.16. The van der Waals surface area contributed by atoms with Crippen LogP contribution >= 0.6 is 0 Å². The van der Waals surface area contributed by atoms with Crippen molar-refractivity contribution in [2.75, 3.05) is 6.61 Å². The van der Waals surface area contributed by atoms with E-state index in [9.17, 15) is 4.79 Å². The lowest BCUT2D eigenvalue weighted by Crippen LogP contribution is -2.19. The van der Waals surface area contributed by atoms with Crippen LogP contribution in [0.5, 0.6) is 5.88 Å². The lowest BCUT2D eigenvalue weighted by Gasteiger charge is -2.12. The van der Waals surface area contributed by atoms with Crippen LogP contribution < -0.4 is 4.74 Å². The molecule has 0 saturated carbocycles. The predicted molar refractivity (Wildman–Crippen MR) is 49.9 cm³/mol. The molecule has 0 fully saturated rings. The van der Waals surface area contributed by atoms with Gasteiger partial charge in [0.05, 0.1) is 5.57 Å². The van der Waals surface area contributed by atoms with Crippen LogP contribution in [0.2, 0.25) is 0 Å². The zero-order chi connectivity index (χ0) is 9.97. The van der Waals surface area contributed by atoms with E-state index < -0.39 is 0 Å². The van der Waals surface area contributed by atoms with Crippen LogP contribution in [0.15, 0.2) is 30.0 Å². The number of aromatic nitrogens is 1. The first kappa shape index (κ1) is 8.87. The van der Waals surface area contributed by atoms with Gasteiger partial charge in [-0.15, -0.1) is 0 Å². The standard InChI is InChI=1S/C10H11NO3/c1-7(8-4-6-13-10(8)12)14-9-3-2-5-11-9/h2-5,7,11H,6H2,1H3. The maximum Gasteiger partial charge on any atom is 0.337 e. The van der Waals surface area contributed by atoms with Crippen LogP contribution in [-0.4, -0.2) is 23.7 Å². The number of rotatable bonds is 3. The van der Waals surface area contributed by atoms with E-state index >= 15 is 0 Å². The molecule has 4 heteroatoms. The number of H-pyrrole nitrogens is 1. The van der Waals surface area contributed by atoms with Crippen molar-refractivity contribution in [3.05, 3.63) is 30.0 Å². The Hall–Kier alpha value is -1.71. The van der Waals surface area contributed by atoms with Crippen LogP contribution in [0.1, 0.15) is 6.92 Å². The normalized spacial score (nSPS) is 17.5. The van der Waals surface area contributed by atoms with E-state index in [1.54, 1.807) is 18.3 Å². The SMILES string of the molecule is CC(Oc1ccc[nH]1)C1=CCOC1=O. The molecule has 1 aliphatic rings. The van der Waals surface area contributed by atoms with Crippen molar-refractivity contribution >= 4 is 5.97 Å². The molecule has 0 aromatic carbocycles. The average Bonchev–Trinajstić information content (AvgIpc) is 2.75. The fraction of sp³-hybridized carbons (Fsp3) is 0.300. The smallest absolute Gasteiger partial charge is 0.337 e. The molecule has 0 amide bonds. The van der Waals surface area contributed by atoms with Crippen molar-refractivity contribution in [2.24, 2.45) is 0 Å². The number of carbonyl (C=O) groups excluding carboxylic acids is 1. The summed E-state index contributed by atoms with van der Waals surface area (Å²) in [7, 11) is 0. The van der Waals surface area contributed by atoms with Gasteiger partial charge in [-0.05, 0) is 25.1 Å². The summed E-state index contributed by atoms with van der Waals surface area (Å²) in [4.78, 5) is 14.1. The van der Waals surface area contributed by atoms with Crippen LogP contribution in [0.3, 0.4) is 0 Å². The van der Waals surface area contributed by atoms with Gasteiger partial charge >= 0.3 is 5.97 Å². The molecule has 0 radical (unpaired) electrons. The number of hydrogen-bond acceptors (Lipinski definition) is 3. The Labute approximate surface area is 81.5 Å². The average molecular weight is 193 g/mol. The molecule has 1 N–H and O–H groups in total. The minimum absolute atomic E-state index is 0.274. The van der Waals surface area contributed by atoms with Crippen molar-refractivity contribution in [3.8, 4) is 5.88 Å². The van der Waals surface area contributed by atoms with Crippen LogP contribution in [0, 0.1) is 0 Å². The first-order chi connectivity index (χ1) is 6.77. The van der Waals surface area contributed by atoms with E-state index in [1.807, 2.05) is 13.0 Å². The molecule has 0 aliphatic carbocycles. The lowest BCUT2D eigenvalue weighted by molar-refractivity contribution is -0.136. The molecule has 74 valence electrons. The van der Waals surface area contributed by atoms with Gasteiger partial charge in [0.15, 0.2) is 5.88 Å². The van der Waals surface area contributed by atoms with E-state index in [2.05, 4.69) is 4.98 Å². The molecule has 1 atom stereocenters. The summed E-state index contributed by atoms with van der Waals surface area (Å²) in [5, 5.41) is 0. The molecule has 0 saturated heterocycles. The quantitative estimate of drug-likeness (QED) is 0.735. The molecular weight excluding hydrogens is 182 g/mol. The van der Waals surface area contributed by atoms with Crippen molar-refractivity contribution in [1.29, 1.82) is 0 Å². The van der Waals surface area contributed by atoms with Gasteiger partial charge in [0.25, 0.3) is 0 Å². The zero-order valence-corrected chi connectivity index (χ0v) is 7.82. The number of nitrogens with one attached hydrogen (secondary N) is 1. The second kappa shape index (κ2) is 3.57. The number of carbonyl (C=O) groups is 1. The fourth-order valence-corrected chi connectivity index (χ4v) is 1.35. The van der Waals surface area contributed by atoms with E-state index in [-0.39, 0.29) is 12.1 Å². The third-order valence-electron chi connectivity index (χ3n) is 2.06. The molecular formula is C10H11NO3. The molecule has 2 heterocycles. The van der Waals surface area contributed by atoms with Crippen molar-refractivity contribution in [1.82, 2.24) is 4.98 Å². The Balaban J connectivity index is 2.02. The van der Waals surface area contributed by atoms with Crippen LogP contribution in [0.4, 0.5) is 0 Å². The van der Waals surface area contributed by atoms with Gasteiger partial charge in [0.2, 0.25) is 0 Å². The van der Waals surface area contributed by atoms with E-state index in [0.29, 0.717) is 18.1 Å². The Morgan fingerprint density at radius 1 is 1.64 bits per heavy atom. The van der Waals surface area contributed by atoms with Gasteiger partial charge in [-0.1, -0.05) is 0 Å². The Morgan fingerprint density at radius 3 is 3.07 bits per heavy atom. The molecule has 1 aromatic rings. The highest BCUT2D eigenvalue weighted by molar-refractivity contribution is 5.91.